The number of aliphatic carboxylic acids is 1. The third kappa shape index (κ3) is 2.11. The molecule has 2 aliphatic rings. The summed E-state index contributed by atoms with van der Waals surface area (Å²) in [7, 11) is 0. The molecular weight excluding hydrogens is 229 g/mol. The zero-order valence-electron chi connectivity index (χ0n) is 9.23. The lowest BCUT2D eigenvalue weighted by atomic mass is 9.73. The van der Waals surface area contributed by atoms with Gasteiger partial charge in [0, 0.05) is 24.9 Å². The van der Waals surface area contributed by atoms with Crippen molar-refractivity contribution in [2.24, 2.45) is 11.8 Å². The second kappa shape index (κ2) is 4.35. The fraction of sp³-hybridized carbons (Fsp3) is 0.636. The lowest BCUT2D eigenvalue weighted by molar-refractivity contribution is -0.134. The molecule has 1 aliphatic carbocycles. The van der Waals surface area contributed by atoms with Crippen LogP contribution in [0.25, 0.3) is 0 Å². The molecule has 1 heterocycles. The molecule has 6 heteroatoms. The van der Waals surface area contributed by atoms with Gasteiger partial charge < -0.3 is 15.1 Å². The molecule has 17 heavy (non-hydrogen) atoms. The molecule has 0 aromatic carbocycles. The Labute approximate surface area is 97.5 Å². The van der Waals surface area contributed by atoms with E-state index in [0.29, 0.717) is 18.4 Å². The van der Waals surface area contributed by atoms with Crippen LogP contribution in [0.15, 0.2) is 11.4 Å². The summed E-state index contributed by atoms with van der Waals surface area (Å²) in [5.41, 5.74) is 0.321. The number of piperidine rings is 1. The first-order valence-electron chi connectivity index (χ1n) is 5.61. The Morgan fingerprint density at radius 2 is 1.71 bits per heavy atom. The minimum atomic E-state index is -1.54. The summed E-state index contributed by atoms with van der Waals surface area (Å²) in [6.07, 6.45) is 1.21. The summed E-state index contributed by atoms with van der Waals surface area (Å²) >= 11 is 0. The predicted molar refractivity (Wildman–Crippen MR) is 56.2 cm³/mol. The Bertz CT molecular complexity index is 377. The maximum atomic E-state index is 13.6. The summed E-state index contributed by atoms with van der Waals surface area (Å²) in [6.45, 7) is 0.420. The summed E-state index contributed by atoms with van der Waals surface area (Å²) in [5.74, 6) is -3.16. The molecule has 0 aromatic rings. The number of amides is 1. The molecule has 2 fully saturated rings. The van der Waals surface area contributed by atoms with Crippen molar-refractivity contribution in [3.8, 4) is 0 Å². The van der Waals surface area contributed by atoms with Gasteiger partial charge >= 0.3 is 12.1 Å². The van der Waals surface area contributed by atoms with Crippen LogP contribution < -0.4 is 0 Å². The van der Waals surface area contributed by atoms with E-state index in [-0.39, 0.29) is 24.9 Å². The van der Waals surface area contributed by atoms with Gasteiger partial charge in [-0.15, -0.1) is 0 Å². The van der Waals surface area contributed by atoms with Gasteiger partial charge in [-0.25, -0.2) is 9.59 Å². The average Bonchev–Trinajstić information content (AvgIpc) is 2.25. The molecule has 5 nitrogen and oxygen atoms in total. The molecule has 1 saturated heterocycles. The van der Waals surface area contributed by atoms with E-state index in [2.05, 4.69) is 0 Å². The van der Waals surface area contributed by atoms with Crippen LogP contribution in [-0.4, -0.2) is 40.3 Å². The number of halogens is 1. The standard InChI is InChI=1S/C11H14FNO4/c12-9(10(14)15)8-6-2-1-3-7(8)5-13(4-6)11(16)17/h6-7H,1-5H2,(H,14,15)(H,16,17). The topological polar surface area (TPSA) is 77.8 Å². The molecule has 0 spiro atoms. The van der Waals surface area contributed by atoms with Crippen molar-refractivity contribution < 1.29 is 24.2 Å². The minimum absolute atomic E-state index is 0.210. The quantitative estimate of drug-likeness (QED) is 0.687. The molecule has 94 valence electrons. The van der Waals surface area contributed by atoms with Gasteiger partial charge in [-0.3, -0.25) is 0 Å². The smallest absolute Gasteiger partial charge is 0.407 e. The highest BCUT2D eigenvalue weighted by Gasteiger charge is 2.40. The van der Waals surface area contributed by atoms with Crippen LogP contribution in [0.4, 0.5) is 9.18 Å². The SMILES string of the molecule is O=C(O)C(F)=C1C2CCCC1CN(C(=O)O)C2. The van der Waals surface area contributed by atoms with Gasteiger partial charge in [0.25, 0.3) is 0 Å². The summed E-state index contributed by atoms with van der Waals surface area (Å²) < 4.78 is 13.6. The van der Waals surface area contributed by atoms with Gasteiger partial charge in [-0.1, -0.05) is 6.42 Å². The van der Waals surface area contributed by atoms with Crippen molar-refractivity contribution >= 4 is 12.1 Å². The highest BCUT2D eigenvalue weighted by molar-refractivity contribution is 5.85. The van der Waals surface area contributed by atoms with Gasteiger partial charge in [-0.05, 0) is 18.4 Å². The highest BCUT2D eigenvalue weighted by atomic mass is 19.1. The third-order valence-electron chi connectivity index (χ3n) is 3.58. The Morgan fingerprint density at radius 1 is 1.18 bits per heavy atom. The van der Waals surface area contributed by atoms with Crippen LogP contribution in [0.1, 0.15) is 19.3 Å². The number of carbonyl (C=O) groups is 2. The minimum Gasteiger partial charge on any atom is -0.476 e. The van der Waals surface area contributed by atoms with Crippen molar-refractivity contribution in [3.05, 3.63) is 11.4 Å². The maximum absolute atomic E-state index is 13.6. The summed E-state index contributed by atoms with van der Waals surface area (Å²) in [6, 6.07) is 0. The van der Waals surface area contributed by atoms with E-state index in [4.69, 9.17) is 10.2 Å². The summed E-state index contributed by atoms with van der Waals surface area (Å²) in [5, 5.41) is 17.6. The molecule has 2 N–H and O–H groups in total. The lowest BCUT2D eigenvalue weighted by Gasteiger charge is -2.42. The normalized spacial score (nSPS) is 27.8. The Morgan fingerprint density at radius 3 is 2.12 bits per heavy atom. The molecule has 1 aliphatic heterocycles. The Balaban J connectivity index is 2.30. The van der Waals surface area contributed by atoms with E-state index in [0.717, 1.165) is 6.42 Å². The molecule has 0 radical (unpaired) electrons. The third-order valence-corrected chi connectivity index (χ3v) is 3.58. The van der Waals surface area contributed by atoms with Gasteiger partial charge in [0.2, 0.25) is 5.83 Å². The first kappa shape index (κ1) is 11.9. The van der Waals surface area contributed by atoms with Crippen molar-refractivity contribution in [2.45, 2.75) is 19.3 Å². The van der Waals surface area contributed by atoms with E-state index in [9.17, 15) is 14.0 Å². The van der Waals surface area contributed by atoms with E-state index < -0.39 is 17.9 Å². The van der Waals surface area contributed by atoms with Gasteiger partial charge in [0.15, 0.2) is 0 Å². The monoisotopic (exact) mass is 243 g/mol. The van der Waals surface area contributed by atoms with Crippen LogP contribution in [0, 0.1) is 11.8 Å². The average molecular weight is 243 g/mol. The molecule has 1 saturated carbocycles. The molecule has 1 amide bonds. The van der Waals surface area contributed by atoms with Crippen LogP contribution in [0.5, 0.6) is 0 Å². The number of nitrogens with zero attached hydrogens (tertiary/aromatic N) is 1. The zero-order chi connectivity index (χ0) is 12.6. The van der Waals surface area contributed by atoms with E-state index in [1.54, 1.807) is 0 Å². The fourth-order valence-electron chi connectivity index (χ4n) is 2.88. The van der Waals surface area contributed by atoms with Crippen molar-refractivity contribution in [1.82, 2.24) is 4.90 Å². The number of fused-ring (bicyclic) bond motifs is 2. The number of carboxylic acids is 1. The van der Waals surface area contributed by atoms with Crippen molar-refractivity contribution in [2.75, 3.05) is 13.1 Å². The van der Waals surface area contributed by atoms with Crippen LogP contribution in [0.3, 0.4) is 0 Å². The Kier molecular flexibility index (Phi) is 3.04. The molecular formula is C11H14FNO4. The molecule has 2 rings (SSSR count). The maximum Gasteiger partial charge on any atom is 0.407 e. The molecule has 0 aromatic heterocycles. The van der Waals surface area contributed by atoms with E-state index >= 15 is 0 Å². The van der Waals surface area contributed by atoms with E-state index in [1.807, 2.05) is 0 Å². The molecule has 2 bridgehead atoms. The van der Waals surface area contributed by atoms with Gasteiger partial charge in [0.1, 0.15) is 0 Å². The molecule has 2 unspecified atom stereocenters. The number of hydrogen-bond donors (Lipinski definition) is 2. The second-order valence-electron chi connectivity index (χ2n) is 4.59. The zero-order valence-corrected chi connectivity index (χ0v) is 9.23. The molecule has 2 atom stereocenters. The largest absolute Gasteiger partial charge is 0.476 e. The highest BCUT2D eigenvalue weighted by Crippen LogP contribution is 2.41. The van der Waals surface area contributed by atoms with Crippen LogP contribution in [0.2, 0.25) is 0 Å². The van der Waals surface area contributed by atoms with Crippen LogP contribution >= 0.6 is 0 Å². The first-order chi connectivity index (χ1) is 8.00. The number of carboxylic acid groups (broad SMARTS) is 2. The fourth-order valence-corrected chi connectivity index (χ4v) is 2.88. The van der Waals surface area contributed by atoms with Crippen LogP contribution in [-0.2, 0) is 4.79 Å². The van der Waals surface area contributed by atoms with Gasteiger partial charge in [-0.2, -0.15) is 4.39 Å². The predicted octanol–water partition coefficient (Wildman–Crippen LogP) is 1.70. The summed E-state index contributed by atoms with van der Waals surface area (Å²) in [4.78, 5) is 22.8. The lowest BCUT2D eigenvalue weighted by Crippen LogP contribution is -2.47. The first-order valence-corrected chi connectivity index (χ1v) is 5.61. The second-order valence-corrected chi connectivity index (χ2v) is 4.59. The number of likely N-dealkylation sites (tertiary alicyclic amines) is 1. The van der Waals surface area contributed by atoms with Gasteiger partial charge in [0.05, 0.1) is 0 Å². The number of rotatable bonds is 1. The number of hydrogen-bond acceptors (Lipinski definition) is 2. The van der Waals surface area contributed by atoms with Crippen molar-refractivity contribution in [1.29, 1.82) is 0 Å². The van der Waals surface area contributed by atoms with Crippen molar-refractivity contribution in [3.63, 3.8) is 0 Å². The van der Waals surface area contributed by atoms with E-state index in [1.165, 1.54) is 4.90 Å². The Hall–Kier alpha value is -1.59.